The topological polar surface area (TPSA) is 111 Å². The van der Waals surface area contributed by atoms with Crippen molar-refractivity contribution in [2.45, 2.75) is 32.4 Å². The number of fused-ring (bicyclic) bond motifs is 1. The van der Waals surface area contributed by atoms with Crippen LogP contribution in [0.5, 0.6) is 11.5 Å². The maximum absolute atomic E-state index is 12.9. The molecule has 158 valence electrons. The molecule has 2 aromatic carbocycles. The summed E-state index contributed by atoms with van der Waals surface area (Å²) in [5.41, 5.74) is 0.388. The van der Waals surface area contributed by atoms with Crippen molar-refractivity contribution in [3.05, 3.63) is 51.5 Å². The number of rotatable bonds is 6. The minimum Gasteiger partial charge on any atom is -0.495 e. The van der Waals surface area contributed by atoms with Crippen LogP contribution in [0.15, 0.2) is 36.4 Å². The molecule has 1 aliphatic heterocycles. The highest BCUT2D eigenvalue weighted by molar-refractivity contribution is 6.32. The van der Waals surface area contributed by atoms with Gasteiger partial charge in [0.15, 0.2) is 6.10 Å². The SMILES string of the molecule is CCC1Oc2ccc([N+](=O)[O-])cc2N(C(C)C(=O)Nc2ccc(OC)c(Cl)c2)C1=O. The summed E-state index contributed by atoms with van der Waals surface area (Å²) < 4.78 is 10.8. The van der Waals surface area contributed by atoms with Gasteiger partial charge in [-0.2, -0.15) is 0 Å². The Morgan fingerprint density at radius 1 is 1.37 bits per heavy atom. The molecule has 1 N–H and O–H groups in total. The van der Waals surface area contributed by atoms with Crippen LogP contribution in [0, 0.1) is 10.1 Å². The van der Waals surface area contributed by atoms with Gasteiger partial charge in [-0.1, -0.05) is 18.5 Å². The first kappa shape index (κ1) is 21.4. The summed E-state index contributed by atoms with van der Waals surface area (Å²) in [6, 6.07) is 7.75. The lowest BCUT2D eigenvalue weighted by Gasteiger charge is -2.36. The molecule has 0 saturated heterocycles. The van der Waals surface area contributed by atoms with Gasteiger partial charge in [-0.15, -0.1) is 0 Å². The van der Waals surface area contributed by atoms with Crippen molar-refractivity contribution in [2.75, 3.05) is 17.3 Å². The molecule has 0 aliphatic carbocycles. The number of anilines is 2. The van der Waals surface area contributed by atoms with Gasteiger partial charge in [0.05, 0.1) is 22.7 Å². The Balaban J connectivity index is 1.93. The van der Waals surface area contributed by atoms with Crippen molar-refractivity contribution in [1.82, 2.24) is 0 Å². The van der Waals surface area contributed by atoms with Gasteiger partial charge in [0.1, 0.15) is 17.5 Å². The van der Waals surface area contributed by atoms with Gasteiger partial charge in [0.25, 0.3) is 11.6 Å². The Morgan fingerprint density at radius 3 is 2.70 bits per heavy atom. The van der Waals surface area contributed by atoms with E-state index in [-0.39, 0.29) is 11.4 Å². The van der Waals surface area contributed by atoms with E-state index in [0.29, 0.717) is 28.6 Å². The molecule has 0 radical (unpaired) electrons. The summed E-state index contributed by atoms with van der Waals surface area (Å²) in [5.74, 6) is -0.169. The molecule has 0 saturated carbocycles. The summed E-state index contributed by atoms with van der Waals surface area (Å²) >= 11 is 6.10. The lowest BCUT2D eigenvalue weighted by molar-refractivity contribution is -0.384. The Kier molecular flexibility index (Phi) is 6.12. The van der Waals surface area contributed by atoms with Crippen molar-refractivity contribution >= 4 is 40.5 Å². The monoisotopic (exact) mass is 433 g/mol. The van der Waals surface area contributed by atoms with E-state index in [9.17, 15) is 19.7 Å². The molecule has 2 atom stereocenters. The zero-order valence-corrected chi connectivity index (χ0v) is 17.3. The lowest BCUT2D eigenvalue weighted by atomic mass is 10.1. The van der Waals surface area contributed by atoms with Crippen LogP contribution in [0.25, 0.3) is 0 Å². The number of hydrogen-bond acceptors (Lipinski definition) is 6. The second-order valence-corrected chi connectivity index (χ2v) is 7.05. The van der Waals surface area contributed by atoms with Crippen LogP contribution in [0.2, 0.25) is 5.02 Å². The summed E-state index contributed by atoms with van der Waals surface area (Å²) in [7, 11) is 1.48. The average Bonchev–Trinajstić information content (AvgIpc) is 2.72. The minimum atomic E-state index is -0.961. The summed E-state index contributed by atoms with van der Waals surface area (Å²) in [6.07, 6.45) is -0.404. The number of halogens is 1. The zero-order chi connectivity index (χ0) is 22.0. The van der Waals surface area contributed by atoms with Crippen LogP contribution in [0.3, 0.4) is 0 Å². The fourth-order valence-electron chi connectivity index (χ4n) is 3.15. The van der Waals surface area contributed by atoms with Gasteiger partial charge in [-0.25, -0.2) is 0 Å². The first-order chi connectivity index (χ1) is 14.3. The van der Waals surface area contributed by atoms with E-state index in [0.717, 1.165) is 0 Å². The van der Waals surface area contributed by atoms with Gasteiger partial charge in [-0.05, 0) is 37.6 Å². The molecular formula is C20H20ClN3O6. The number of non-ortho nitro benzene ring substituents is 1. The highest BCUT2D eigenvalue weighted by Gasteiger charge is 2.39. The van der Waals surface area contributed by atoms with E-state index in [1.165, 1.54) is 36.3 Å². The van der Waals surface area contributed by atoms with E-state index >= 15 is 0 Å². The molecule has 2 amide bonds. The Labute approximate surface area is 177 Å². The molecular weight excluding hydrogens is 414 g/mol. The molecule has 0 aromatic heterocycles. The molecule has 0 fully saturated rings. The molecule has 1 heterocycles. The first-order valence-corrected chi connectivity index (χ1v) is 9.57. The largest absolute Gasteiger partial charge is 0.495 e. The quantitative estimate of drug-likeness (QED) is 0.548. The smallest absolute Gasteiger partial charge is 0.271 e. The molecule has 10 heteroatoms. The first-order valence-electron chi connectivity index (χ1n) is 9.19. The summed E-state index contributed by atoms with van der Waals surface area (Å²) in [4.78, 5) is 37.7. The second-order valence-electron chi connectivity index (χ2n) is 6.65. The van der Waals surface area contributed by atoms with Crippen molar-refractivity contribution in [3.63, 3.8) is 0 Å². The standard InChI is InChI=1S/C20H20ClN3O6/c1-4-16-20(26)23(15-10-13(24(27)28)6-8-18(15)30-16)11(2)19(25)22-12-5-7-17(29-3)14(21)9-12/h5-11,16H,4H2,1-3H3,(H,22,25). The predicted octanol–water partition coefficient (Wildman–Crippen LogP) is 3.79. The van der Waals surface area contributed by atoms with E-state index in [4.69, 9.17) is 21.1 Å². The highest BCUT2D eigenvalue weighted by Crippen LogP contribution is 2.39. The minimum absolute atomic E-state index is 0.175. The molecule has 0 bridgehead atoms. The fourth-order valence-corrected chi connectivity index (χ4v) is 3.41. The number of methoxy groups -OCH3 is 1. The third-order valence-electron chi connectivity index (χ3n) is 4.75. The van der Waals surface area contributed by atoms with E-state index in [2.05, 4.69) is 5.32 Å². The zero-order valence-electron chi connectivity index (χ0n) is 16.5. The Morgan fingerprint density at radius 2 is 2.10 bits per heavy atom. The molecule has 2 unspecified atom stereocenters. The van der Waals surface area contributed by atoms with Crippen LogP contribution in [0.4, 0.5) is 17.1 Å². The van der Waals surface area contributed by atoms with Crippen LogP contribution in [-0.4, -0.2) is 36.0 Å². The van der Waals surface area contributed by atoms with Gasteiger partial charge >= 0.3 is 0 Å². The number of carbonyl (C=O) groups is 2. The number of nitro groups is 1. The predicted molar refractivity (Wildman–Crippen MR) is 111 cm³/mol. The Bertz CT molecular complexity index is 1010. The number of amides is 2. The lowest BCUT2D eigenvalue weighted by Crippen LogP contribution is -2.53. The van der Waals surface area contributed by atoms with Crippen molar-refractivity contribution < 1.29 is 24.0 Å². The van der Waals surface area contributed by atoms with Crippen LogP contribution < -0.4 is 19.7 Å². The molecule has 3 rings (SSSR count). The van der Waals surface area contributed by atoms with Gasteiger partial charge in [-0.3, -0.25) is 24.6 Å². The highest BCUT2D eigenvalue weighted by atomic mass is 35.5. The van der Waals surface area contributed by atoms with Crippen molar-refractivity contribution in [3.8, 4) is 11.5 Å². The number of nitrogens with one attached hydrogen (secondary N) is 1. The number of carbonyl (C=O) groups excluding carboxylic acids is 2. The van der Waals surface area contributed by atoms with Gasteiger partial charge < -0.3 is 14.8 Å². The van der Waals surface area contributed by atoms with Gasteiger partial charge in [0, 0.05) is 17.8 Å². The van der Waals surface area contributed by atoms with Crippen molar-refractivity contribution in [1.29, 1.82) is 0 Å². The number of ether oxygens (including phenoxy) is 2. The molecule has 1 aliphatic rings. The van der Waals surface area contributed by atoms with E-state index in [1.807, 2.05) is 0 Å². The maximum Gasteiger partial charge on any atom is 0.271 e. The number of nitro benzene ring substituents is 1. The number of hydrogen-bond donors (Lipinski definition) is 1. The summed E-state index contributed by atoms with van der Waals surface area (Å²) in [6.45, 7) is 3.32. The molecule has 2 aromatic rings. The summed E-state index contributed by atoms with van der Waals surface area (Å²) in [5, 5.41) is 14.2. The van der Waals surface area contributed by atoms with E-state index in [1.54, 1.807) is 26.0 Å². The van der Waals surface area contributed by atoms with Crippen LogP contribution >= 0.6 is 11.6 Å². The number of nitrogens with zero attached hydrogens (tertiary/aromatic N) is 2. The third-order valence-corrected chi connectivity index (χ3v) is 5.05. The second kappa shape index (κ2) is 8.58. The van der Waals surface area contributed by atoms with Crippen LogP contribution in [0.1, 0.15) is 20.3 Å². The van der Waals surface area contributed by atoms with E-state index < -0.39 is 28.9 Å². The number of benzene rings is 2. The third kappa shape index (κ3) is 4.02. The molecule has 30 heavy (non-hydrogen) atoms. The maximum atomic E-state index is 12.9. The van der Waals surface area contributed by atoms with Crippen molar-refractivity contribution in [2.24, 2.45) is 0 Å². The van der Waals surface area contributed by atoms with Crippen LogP contribution in [-0.2, 0) is 9.59 Å². The molecule has 9 nitrogen and oxygen atoms in total. The Hall–Kier alpha value is -3.33. The average molecular weight is 434 g/mol. The fraction of sp³-hybridized carbons (Fsp3) is 0.300. The van der Waals surface area contributed by atoms with Gasteiger partial charge in [0.2, 0.25) is 5.91 Å². The normalized spacial score (nSPS) is 16.3. The molecule has 0 spiro atoms.